The first-order valence-electron chi connectivity index (χ1n) is 10.5. The molecule has 0 radical (unpaired) electrons. The molecule has 3 rings (SSSR count). The van der Waals surface area contributed by atoms with Crippen LogP contribution in [0.25, 0.3) is 0 Å². The van der Waals surface area contributed by atoms with Crippen molar-refractivity contribution in [2.24, 2.45) is 0 Å². The third kappa shape index (κ3) is 4.57. The van der Waals surface area contributed by atoms with Crippen molar-refractivity contribution in [2.75, 3.05) is 7.11 Å². The highest BCUT2D eigenvalue weighted by atomic mass is 19.4. The number of ether oxygens (including phenoxy) is 1. The Morgan fingerprint density at radius 1 is 1.03 bits per heavy atom. The number of aldehydes is 1. The van der Waals surface area contributed by atoms with E-state index in [2.05, 4.69) is 0 Å². The van der Waals surface area contributed by atoms with Gasteiger partial charge in [0.25, 0.3) is 0 Å². The molecule has 0 saturated carbocycles. The van der Waals surface area contributed by atoms with Gasteiger partial charge in [0.1, 0.15) is 5.75 Å². The fourth-order valence-electron chi connectivity index (χ4n) is 3.85. The molecule has 172 valence electrons. The van der Waals surface area contributed by atoms with Gasteiger partial charge in [-0.15, -0.1) is 0 Å². The number of methoxy groups -OCH3 is 1. The van der Waals surface area contributed by atoms with Crippen LogP contribution in [0, 0.1) is 6.92 Å². The Morgan fingerprint density at radius 2 is 1.62 bits per heavy atom. The highest BCUT2D eigenvalue weighted by Gasteiger charge is 2.52. The third-order valence-electron chi connectivity index (χ3n) is 6.55. The summed E-state index contributed by atoms with van der Waals surface area (Å²) >= 11 is 0. The first-order chi connectivity index (χ1) is 14.8. The summed E-state index contributed by atoms with van der Waals surface area (Å²) in [6.45, 7) is 9.82. The lowest BCUT2D eigenvalue weighted by Gasteiger charge is -2.32. The zero-order chi connectivity index (χ0) is 23.9. The third-order valence-corrected chi connectivity index (χ3v) is 6.55. The topological polar surface area (TPSA) is 44.8 Å². The second-order valence-electron chi connectivity index (χ2n) is 9.09. The molecule has 1 fully saturated rings. The number of rotatable bonds is 6. The van der Waals surface area contributed by atoms with Gasteiger partial charge < -0.3 is 14.0 Å². The molecule has 8 heteroatoms. The second-order valence-corrected chi connectivity index (χ2v) is 9.09. The fourth-order valence-corrected chi connectivity index (χ4v) is 3.85. The van der Waals surface area contributed by atoms with E-state index >= 15 is 0 Å². The smallest absolute Gasteiger partial charge is 0.495 e. The van der Waals surface area contributed by atoms with Crippen LogP contribution in [-0.2, 0) is 28.3 Å². The van der Waals surface area contributed by atoms with Crippen molar-refractivity contribution in [1.82, 2.24) is 0 Å². The van der Waals surface area contributed by atoms with E-state index in [4.69, 9.17) is 14.0 Å². The summed E-state index contributed by atoms with van der Waals surface area (Å²) in [6, 6.07) is 7.84. The van der Waals surface area contributed by atoms with E-state index in [0.29, 0.717) is 12.7 Å². The predicted molar refractivity (Wildman–Crippen MR) is 118 cm³/mol. The molecule has 0 unspecified atom stereocenters. The van der Waals surface area contributed by atoms with Crippen LogP contribution >= 0.6 is 0 Å². The van der Waals surface area contributed by atoms with E-state index in [1.807, 2.05) is 52.8 Å². The Hall–Kier alpha value is -2.32. The van der Waals surface area contributed by atoms with Crippen molar-refractivity contribution < 1.29 is 32.0 Å². The van der Waals surface area contributed by atoms with Gasteiger partial charge in [-0.2, -0.15) is 13.2 Å². The second kappa shape index (κ2) is 8.56. The number of hydrogen-bond donors (Lipinski definition) is 0. The minimum atomic E-state index is -4.57. The lowest BCUT2D eigenvalue weighted by Crippen LogP contribution is -2.41. The summed E-state index contributed by atoms with van der Waals surface area (Å²) < 4.78 is 58.3. The van der Waals surface area contributed by atoms with Crippen LogP contribution in [0.5, 0.6) is 5.75 Å². The average molecular weight is 448 g/mol. The maximum absolute atomic E-state index is 13.6. The summed E-state index contributed by atoms with van der Waals surface area (Å²) in [7, 11) is 0.787. The minimum Gasteiger partial charge on any atom is -0.496 e. The Morgan fingerprint density at radius 3 is 2.16 bits per heavy atom. The van der Waals surface area contributed by atoms with Gasteiger partial charge in [-0.1, -0.05) is 18.2 Å². The van der Waals surface area contributed by atoms with Gasteiger partial charge in [-0.3, -0.25) is 4.79 Å². The molecule has 2 aromatic rings. The molecular formula is C24H28BF3O4. The largest absolute Gasteiger partial charge is 0.496 e. The van der Waals surface area contributed by atoms with Crippen molar-refractivity contribution in [1.29, 1.82) is 0 Å². The molecule has 0 atom stereocenters. The maximum atomic E-state index is 13.6. The van der Waals surface area contributed by atoms with E-state index in [-0.39, 0.29) is 23.3 Å². The van der Waals surface area contributed by atoms with Crippen LogP contribution in [-0.4, -0.2) is 31.7 Å². The van der Waals surface area contributed by atoms with E-state index in [1.54, 1.807) is 0 Å². The van der Waals surface area contributed by atoms with E-state index in [9.17, 15) is 18.0 Å². The van der Waals surface area contributed by atoms with Gasteiger partial charge in [0, 0.05) is 0 Å². The lowest BCUT2D eigenvalue weighted by atomic mass is 9.74. The molecule has 1 saturated heterocycles. The summed E-state index contributed by atoms with van der Waals surface area (Å²) in [5, 5.41) is 0. The van der Waals surface area contributed by atoms with Crippen molar-refractivity contribution in [3.05, 3.63) is 58.1 Å². The van der Waals surface area contributed by atoms with E-state index in [1.165, 1.54) is 13.2 Å². The zero-order valence-corrected chi connectivity index (χ0v) is 19.2. The van der Waals surface area contributed by atoms with Crippen LogP contribution in [0.2, 0.25) is 0 Å². The van der Waals surface area contributed by atoms with Crippen molar-refractivity contribution in [3.63, 3.8) is 0 Å². The number of hydrogen-bond acceptors (Lipinski definition) is 4. The van der Waals surface area contributed by atoms with Crippen molar-refractivity contribution in [2.45, 2.75) is 64.8 Å². The van der Waals surface area contributed by atoms with Crippen molar-refractivity contribution in [3.8, 4) is 5.75 Å². The van der Waals surface area contributed by atoms with E-state index in [0.717, 1.165) is 22.7 Å². The molecular weight excluding hydrogens is 420 g/mol. The quantitative estimate of drug-likeness (QED) is 0.465. The standard InChI is InChI=1S/C24H28BF3O4/c1-15-16(8-7-9-20(15)25-31-22(2,3)23(4,5)32-25)10-11-17-13-21(30-6)18(14-29)12-19(17)24(26,27)28/h7-9,12-14H,10-11H2,1-6H3. The van der Waals surface area contributed by atoms with Crippen LogP contribution in [0.1, 0.15) is 60.3 Å². The monoisotopic (exact) mass is 448 g/mol. The van der Waals surface area contributed by atoms with Gasteiger partial charge in [-0.25, -0.2) is 0 Å². The molecule has 0 aromatic heterocycles. The Labute approximate surface area is 187 Å². The predicted octanol–water partition coefficient (Wildman–Crippen LogP) is 4.92. The molecule has 1 heterocycles. The number of benzene rings is 2. The molecule has 4 nitrogen and oxygen atoms in total. The van der Waals surface area contributed by atoms with Gasteiger partial charge in [-0.05, 0) is 81.7 Å². The summed E-state index contributed by atoms with van der Waals surface area (Å²) in [4.78, 5) is 11.2. The molecule has 0 aliphatic carbocycles. The van der Waals surface area contributed by atoms with Gasteiger partial charge in [0.05, 0.1) is 29.4 Å². The first-order valence-corrected chi connectivity index (χ1v) is 10.5. The van der Waals surface area contributed by atoms with Gasteiger partial charge >= 0.3 is 13.3 Å². The molecule has 1 aliphatic heterocycles. The first kappa shape index (κ1) is 24.3. The molecule has 1 aliphatic rings. The SMILES string of the molecule is COc1cc(CCc2cccc(B3OC(C)(C)C(C)(C)O3)c2C)c(C(F)(F)F)cc1C=O. The molecule has 2 aromatic carbocycles. The summed E-state index contributed by atoms with van der Waals surface area (Å²) in [6.07, 6.45) is -3.68. The van der Waals surface area contributed by atoms with Crippen LogP contribution in [0.4, 0.5) is 13.2 Å². The summed E-state index contributed by atoms with van der Waals surface area (Å²) in [5.74, 6) is 0.130. The summed E-state index contributed by atoms with van der Waals surface area (Å²) in [5.41, 5.74) is 0.867. The van der Waals surface area contributed by atoms with Gasteiger partial charge in [0.15, 0.2) is 6.29 Å². The highest BCUT2D eigenvalue weighted by molar-refractivity contribution is 6.62. The number of alkyl halides is 3. The average Bonchev–Trinajstić information content (AvgIpc) is 2.92. The van der Waals surface area contributed by atoms with Crippen LogP contribution in [0.3, 0.4) is 0 Å². The Kier molecular flexibility index (Phi) is 6.51. The number of carbonyl (C=O) groups is 1. The zero-order valence-electron chi connectivity index (χ0n) is 19.2. The molecule has 0 amide bonds. The Balaban J connectivity index is 1.90. The van der Waals surface area contributed by atoms with Gasteiger partial charge in [0.2, 0.25) is 0 Å². The number of carbonyl (C=O) groups excluding carboxylic acids is 1. The molecule has 0 bridgehead atoms. The lowest BCUT2D eigenvalue weighted by molar-refractivity contribution is -0.138. The highest BCUT2D eigenvalue weighted by Crippen LogP contribution is 2.38. The molecule has 0 N–H and O–H groups in total. The molecule has 32 heavy (non-hydrogen) atoms. The Bertz CT molecular complexity index is 999. The fraction of sp³-hybridized carbons (Fsp3) is 0.458. The van der Waals surface area contributed by atoms with E-state index < -0.39 is 30.1 Å². The molecule has 0 spiro atoms. The number of aryl methyl sites for hydroxylation is 2. The van der Waals surface area contributed by atoms with Crippen LogP contribution in [0.15, 0.2) is 30.3 Å². The number of halogens is 3. The normalized spacial score (nSPS) is 17.5. The van der Waals surface area contributed by atoms with Crippen molar-refractivity contribution >= 4 is 18.9 Å². The minimum absolute atomic E-state index is 0.0837. The maximum Gasteiger partial charge on any atom is 0.495 e. The van der Waals surface area contributed by atoms with Crippen LogP contribution < -0.4 is 10.2 Å².